The number of aromatic amines is 1. The Labute approximate surface area is 177 Å². The van der Waals surface area contributed by atoms with E-state index < -0.39 is 0 Å². The number of nitrogens with one attached hydrogen (secondary N) is 1. The summed E-state index contributed by atoms with van der Waals surface area (Å²) < 4.78 is 0. The second kappa shape index (κ2) is 8.99. The maximum absolute atomic E-state index is 13.1. The number of para-hydroxylation sites is 1. The number of nitrogens with zero attached hydrogens (tertiary/aromatic N) is 2. The standard InChI is InChI=1S/C25H28N4O/c1-2-18-10-12-19(13-11-18)20-15-21(24(26)28-22-7-4-3-5-8-22)17-29(16-20)25(30)23-9-6-14-27-23/h3-14,20-21,27H,2,15-17H2,1H3,(H2,26,28). The topological polar surface area (TPSA) is 74.5 Å². The lowest BCUT2D eigenvalue weighted by Crippen LogP contribution is -2.47. The summed E-state index contributed by atoms with van der Waals surface area (Å²) in [6.45, 7) is 3.41. The van der Waals surface area contributed by atoms with E-state index in [1.807, 2.05) is 47.4 Å². The zero-order valence-electron chi connectivity index (χ0n) is 17.3. The number of rotatable bonds is 5. The number of benzene rings is 2. The molecule has 2 aromatic carbocycles. The molecule has 0 aliphatic carbocycles. The lowest BCUT2D eigenvalue weighted by atomic mass is 9.83. The average Bonchev–Trinajstić information content (AvgIpc) is 3.34. The van der Waals surface area contributed by atoms with E-state index in [0.29, 0.717) is 24.6 Å². The Hall–Kier alpha value is -3.34. The summed E-state index contributed by atoms with van der Waals surface area (Å²) in [5.74, 6) is 0.819. The van der Waals surface area contributed by atoms with E-state index in [4.69, 9.17) is 5.73 Å². The fourth-order valence-corrected chi connectivity index (χ4v) is 4.12. The number of amides is 1. The molecule has 1 aromatic heterocycles. The van der Waals surface area contributed by atoms with Crippen LogP contribution in [0.15, 0.2) is 77.9 Å². The summed E-state index contributed by atoms with van der Waals surface area (Å²) in [7, 11) is 0. The number of carbonyl (C=O) groups is 1. The Balaban J connectivity index is 1.61. The van der Waals surface area contributed by atoms with Crippen molar-refractivity contribution >= 4 is 17.4 Å². The van der Waals surface area contributed by atoms with Crippen molar-refractivity contribution in [2.24, 2.45) is 16.6 Å². The predicted octanol–water partition coefficient (Wildman–Crippen LogP) is 4.51. The Morgan fingerprint density at radius 1 is 1.07 bits per heavy atom. The molecular formula is C25H28N4O. The van der Waals surface area contributed by atoms with Gasteiger partial charge in [-0.3, -0.25) is 4.79 Å². The number of hydrogen-bond acceptors (Lipinski definition) is 2. The van der Waals surface area contributed by atoms with Crippen LogP contribution in [0.3, 0.4) is 0 Å². The van der Waals surface area contributed by atoms with E-state index in [2.05, 4.69) is 41.2 Å². The molecule has 1 fully saturated rings. The molecule has 0 spiro atoms. The molecule has 30 heavy (non-hydrogen) atoms. The lowest BCUT2D eigenvalue weighted by molar-refractivity contribution is 0.0676. The molecule has 5 heteroatoms. The van der Waals surface area contributed by atoms with Crippen LogP contribution in [-0.2, 0) is 6.42 Å². The van der Waals surface area contributed by atoms with Crippen molar-refractivity contribution in [2.45, 2.75) is 25.7 Å². The van der Waals surface area contributed by atoms with Crippen molar-refractivity contribution in [1.82, 2.24) is 9.88 Å². The molecule has 154 valence electrons. The normalized spacial score (nSPS) is 19.6. The monoisotopic (exact) mass is 400 g/mol. The van der Waals surface area contributed by atoms with E-state index >= 15 is 0 Å². The Morgan fingerprint density at radius 3 is 2.50 bits per heavy atom. The van der Waals surface area contributed by atoms with Crippen molar-refractivity contribution in [2.75, 3.05) is 13.1 Å². The van der Waals surface area contributed by atoms with Crippen LogP contribution in [0.5, 0.6) is 0 Å². The van der Waals surface area contributed by atoms with Gasteiger partial charge in [-0.1, -0.05) is 49.4 Å². The number of aliphatic imine (C=N–C) groups is 1. The molecule has 4 rings (SSSR count). The van der Waals surface area contributed by atoms with Crippen LogP contribution >= 0.6 is 0 Å². The SMILES string of the molecule is CCc1ccc(C2CC(C(N)=Nc3ccccc3)CN(C(=O)c3ccc[nH]3)C2)cc1. The van der Waals surface area contributed by atoms with E-state index in [1.54, 1.807) is 6.20 Å². The maximum Gasteiger partial charge on any atom is 0.270 e. The molecule has 0 saturated carbocycles. The van der Waals surface area contributed by atoms with E-state index in [0.717, 1.165) is 18.5 Å². The highest BCUT2D eigenvalue weighted by molar-refractivity contribution is 5.93. The van der Waals surface area contributed by atoms with Crippen LogP contribution in [0, 0.1) is 5.92 Å². The molecule has 0 bridgehead atoms. The highest BCUT2D eigenvalue weighted by Crippen LogP contribution is 2.32. The highest BCUT2D eigenvalue weighted by atomic mass is 16.2. The molecule has 2 heterocycles. The van der Waals surface area contributed by atoms with Gasteiger partial charge in [-0.05, 0) is 48.2 Å². The minimum atomic E-state index is 0.00684. The number of nitrogens with two attached hydrogens (primary N) is 1. The molecule has 1 amide bonds. The second-order valence-corrected chi connectivity index (χ2v) is 7.89. The zero-order chi connectivity index (χ0) is 20.9. The molecule has 0 radical (unpaired) electrons. The van der Waals surface area contributed by atoms with Crippen molar-refractivity contribution < 1.29 is 4.79 Å². The average molecular weight is 401 g/mol. The Kier molecular flexibility index (Phi) is 5.98. The molecule has 3 N–H and O–H groups in total. The van der Waals surface area contributed by atoms with E-state index in [9.17, 15) is 4.79 Å². The van der Waals surface area contributed by atoms with Crippen molar-refractivity contribution in [3.63, 3.8) is 0 Å². The van der Waals surface area contributed by atoms with E-state index in [-0.39, 0.29) is 17.7 Å². The third-order valence-electron chi connectivity index (χ3n) is 5.86. The van der Waals surface area contributed by atoms with Gasteiger partial charge in [0.25, 0.3) is 5.91 Å². The highest BCUT2D eigenvalue weighted by Gasteiger charge is 2.33. The summed E-state index contributed by atoms with van der Waals surface area (Å²) in [5.41, 5.74) is 10.5. The van der Waals surface area contributed by atoms with Gasteiger partial charge < -0.3 is 15.6 Å². The predicted molar refractivity (Wildman–Crippen MR) is 121 cm³/mol. The first-order valence-electron chi connectivity index (χ1n) is 10.5. The van der Waals surface area contributed by atoms with Gasteiger partial charge in [0.2, 0.25) is 0 Å². The summed E-state index contributed by atoms with van der Waals surface area (Å²) in [4.78, 5) is 22.7. The number of amidine groups is 1. The Bertz CT molecular complexity index is 993. The number of hydrogen-bond donors (Lipinski definition) is 2. The van der Waals surface area contributed by atoms with Crippen molar-refractivity contribution in [3.8, 4) is 0 Å². The minimum absolute atomic E-state index is 0.00684. The summed E-state index contributed by atoms with van der Waals surface area (Å²) in [5, 5.41) is 0. The largest absolute Gasteiger partial charge is 0.387 e. The molecule has 2 unspecified atom stereocenters. The van der Waals surface area contributed by atoms with Gasteiger partial charge in [0.1, 0.15) is 11.5 Å². The molecule has 1 saturated heterocycles. The molecule has 1 aliphatic heterocycles. The number of piperidine rings is 1. The molecular weight excluding hydrogens is 372 g/mol. The molecule has 5 nitrogen and oxygen atoms in total. The van der Waals surface area contributed by atoms with Crippen LogP contribution in [0.2, 0.25) is 0 Å². The molecule has 3 aromatic rings. The Morgan fingerprint density at radius 2 is 1.83 bits per heavy atom. The van der Waals surface area contributed by atoms with Crippen molar-refractivity contribution in [1.29, 1.82) is 0 Å². The van der Waals surface area contributed by atoms with Crippen LogP contribution in [0.4, 0.5) is 5.69 Å². The number of H-pyrrole nitrogens is 1. The number of aryl methyl sites for hydroxylation is 1. The quantitative estimate of drug-likeness (QED) is 0.488. The molecule has 2 atom stereocenters. The van der Waals surface area contributed by atoms with Gasteiger partial charge in [-0.15, -0.1) is 0 Å². The maximum atomic E-state index is 13.1. The second-order valence-electron chi connectivity index (χ2n) is 7.89. The van der Waals surface area contributed by atoms with Gasteiger partial charge >= 0.3 is 0 Å². The fraction of sp³-hybridized carbons (Fsp3) is 0.280. The summed E-state index contributed by atoms with van der Waals surface area (Å²) in [6, 6.07) is 22.1. The lowest BCUT2D eigenvalue weighted by Gasteiger charge is -2.37. The van der Waals surface area contributed by atoms with Gasteiger partial charge in [0.05, 0.1) is 5.69 Å². The minimum Gasteiger partial charge on any atom is -0.387 e. The smallest absolute Gasteiger partial charge is 0.270 e. The van der Waals surface area contributed by atoms with Gasteiger partial charge in [-0.25, -0.2) is 4.99 Å². The molecule has 1 aliphatic rings. The van der Waals surface area contributed by atoms with Crippen LogP contribution in [-0.4, -0.2) is 34.7 Å². The van der Waals surface area contributed by atoms with Crippen LogP contribution in [0.25, 0.3) is 0 Å². The van der Waals surface area contributed by atoms with Crippen LogP contribution < -0.4 is 5.73 Å². The number of carbonyl (C=O) groups excluding carboxylic acids is 1. The van der Waals surface area contributed by atoms with Crippen molar-refractivity contribution in [3.05, 3.63) is 89.7 Å². The third kappa shape index (κ3) is 4.46. The van der Waals surface area contributed by atoms with Gasteiger partial charge in [-0.2, -0.15) is 0 Å². The summed E-state index contributed by atoms with van der Waals surface area (Å²) >= 11 is 0. The first-order valence-corrected chi connectivity index (χ1v) is 10.5. The zero-order valence-corrected chi connectivity index (χ0v) is 17.3. The van der Waals surface area contributed by atoms with Gasteiger partial charge in [0.15, 0.2) is 0 Å². The fourth-order valence-electron chi connectivity index (χ4n) is 4.12. The summed E-state index contributed by atoms with van der Waals surface area (Å²) in [6.07, 6.45) is 3.67. The third-order valence-corrected chi connectivity index (χ3v) is 5.86. The van der Waals surface area contributed by atoms with Crippen LogP contribution in [0.1, 0.15) is 40.9 Å². The number of likely N-dealkylation sites (tertiary alicyclic amines) is 1. The number of aromatic nitrogens is 1. The first-order chi connectivity index (χ1) is 14.6. The van der Waals surface area contributed by atoms with E-state index in [1.165, 1.54) is 11.1 Å². The first kappa shape index (κ1) is 20.0. The van der Waals surface area contributed by atoms with Gasteiger partial charge in [0, 0.05) is 31.1 Å².